The molecule has 192 valence electrons. The lowest BCUT2D eigenvalue weighted by Crippen LogP contribution is -2.46. The number of ether oxygens (including phenoxy) is 1. The molecule has 2 atom stereocenters. The molecular formula is C26H35N7O3. The molecule has 1 saturated carbocycles. The molecule has 36 heavy (non-hydrogen) atoms. The molecule has 10 nitrogen and oxygen atoms in total. The predicted molar refractivity (Wildman–Crippen MR) is 139 cm³/mol. The Morgan fingerprint density at radius 1 is 1.14 bits per heavy atom. The Balaban J connectivity index is 1.56. The van der Waals surface area contributed by atoms with Gasteiger partial charge in [0, 0.05) is 31.4 Å². The van der Waals surface area contributed by atoms with Gasteiger partial charge < -0.3 is 25.4 Å². The van der Waals surface area contributed by atoms with Crippen molar-refractivity contribution in [2.24, 2.45) is 0 Å². The molecule has 1 aliphatic carbocycles. The van der Waals surface area contributed by atoms with Crippen molar-refractivity contribution in [3.8, 4) is 11.4 Å². The minimum Gasteiger partial charge on any atom is -0.393 e. The molecule has 2 fully saturated rings. The molecule has 0 radical (unpaired) electrons. The van der Waals surface area contributed by atoms with Crippen LogP contribution in [-0.2, 0) is 4.74 Å². The van der Waals surface area contributed by atoms with Gasteiger partial charge in [-0.1, -0.05) is 6.92 Å². The number of benzene rings is 1. The third kappa shape index (κ3) is 5.01. The molecule has 3 N–H and O–H groups in total. The van der Waals surface area contributed by atoms with E-state index in [0.717, 1.165) is 67.6 Å². The van der Waals surface area contributed by atoms with Crippen LogP contribution in [0.4, 0.5) is 16.3 Å². The van der Waals surface area contributed by atoms with Gasteiger partial charge in [-0.3, -0.25) is 0 Å². The number of aliphatic hydroxyl groups is 1. The summed E-state index contributed by atoms with van der Waals surface area (Å²) < 4.78 is 8.14. The number of nitrogens with one attached hydrogen (secondary N) is 2. The van der Waals surface area contributed by atoms with Crippen LogP contribution in [0.25, 0.3) is 22.4 Å². The first-order valence-corrected chi connectivity index (χ1v) is 12.9. The summed E-state index contributed by atoms with van der Waals surface area (Å²) in [6.07, 6.45) is 6.13. The summed E-state index contributed by atoms with van der Waals surface area (Å²) in [6, 6.07) is 7.47. The number of hydrogen-bond donors (Lipinski definition) is 3. The number of rotatable bonds is 5. The van der Waals surface area contributed by atoms with Crippen molar-refractivity contribution in [2.75, 3.05) is 30.4 Å². The van der Waals surface area contributed by atoms with Crippen molar-refractivity contribution in [3.05, 3.63) is 30.5 Å². The van der Waals surface area contributed by atoms with Crippen molar-refractivity contribution in [3.63, 3.8) is 0 Å². The van der Waals surface area contributed by atoms with E-state index in [1.54, 1.807) is 7.05 Å². The molecule has 3 aromatic rings. The van der Waals surface area contributed by atoms with E-state index < -0.39 is 0 Å². The van der Waals surface area contributed by atoms with E-state index in [2.05, 4.69) is 29.4 Å². The molecule has 10 heteroatoms. The number of urea groups is 1. The largest absolute Gasteiger partial charge is 0.393 e. The van der Waals surface area contributed by atoms with Crippen LogP contribution in [0, 0.1) is 0 Å². The van der Waals surface area contributed by atoms with Crippen molar-refractivity contribution < 1.29 is 14.6 Å². The summed E-state index contributed by atoms with van der Waals surface area (Å²) in [5.41, 5.74) is 2.37. The SMILES string of the molecule is CC[C@H]1CN(c2nc(-c3ccc(NC(=O)NC)cc3)nc3c2cnn3[C@H]2CC[C@@H](O)CC2)CC(C)O1. The number of hydrogen-bond acceptors (Lipinski definition) is 7. The molecule has 0 spiro atoms. The van der Waals surface area contributed by atoms with Gasteiger partial charge in [0.25, 0.3) is 0 Å². The first-order valence-electron chi connectivity index (χ1n) is 12.9. The summed E-state index contributed by atoms with van der Waals surface area (Å²) in [5.74, 6) is 1.49. The monoisotopic (exact) mass is 493 g/mol. The van der Waals surface area contributed by atoms with Crippen LogP contribution in [0.5, 0.6) is 0 Å². The van der Waals surface area contributed by atoms with Gasteiger partial charge in [-0.25, -0.2) is 19.4 Å². The zero-order valence-electron chi connectivity index (χ0n) is 21.1. The average molecular weight is 494 g/mol. The van der Waals surface area contributed by atoms with Crippen LogP contribution < -0.4 is 15.5 Å². The van der Waals surface area contributed by atoms with Crippen molar-refractivity contribution in [1.29, 1.82) is 0 Å². The maximum atomic E-state index is 11.7. The predicted octanol–water partition coefficient (Wildman–Crippen LogP) is 3.72. The molecule has 1 aromatic carbocycles. The van der Waals surface area contributed by atoms with Gasteiger partial charge in [-0.15, -0.1) is 0 Å². The fourth-order valence-corrected chi connectivity index (χ4v) is 5.19. The highest BCUT2D eigenvalue weighted by Gasteiger charge is 2.29. The Bertz CT molecular complexity index is 1200. The van der Waals surface area contributed by atoms with Gasteiger partial charge in [-0.05, 0) is 63.3 Å². The highest BCUT2D eigenvalue weighted by atomic mass is 16.5. The fourth-order valence-electron chi connectivity index (χ4n) is 5.19. The van der Waals surface area contributed by atoms with E-state index >= 15 is 0 Å². The number of fused-ring (bicyclic) bond motifs is 1. The van der Waals surface area contributed by atoms with E-state index in [0.29, 0.717) is 11.5 Å². The van der Waals surface area contributed by atoms with Gasteiger partial charge >= 0.3 is 6.03 Å². The number of carbonyl (C=O) groups excluding carboxylic acids is 1. The van der Waals surface area contributed by atoms with Crippen LogP contribution in [0.3, 0.4) is 0 Å². The molecule has 2 amide bonds. The maximum absolute atomic E-state index is 11.7. The van der Waals surface area contributed by atoms with Gasteiger partial charge in [-0.2, -0.15) is 5.10 Å². The zero-order valence-corrected chi connectivity index (χ0v) is 21.1. The van der Waals surface area contributed by atoms with Gasteiger partial charge in [0.05, 0.1) is 35.9 Å². The number of anilines is 2. The Labute approximate surface area is 211 Å². The lowest BCUT2D eigenvalue weighted by atomic mass is 9.93. The number of aliphatic hydroxyl groups excluding tert-OH is 1. The Morgan fingerprint density at radius 3 is 2.58 bits per heavy atom. The van der Waals surface area contributed by atoms with Crippen LogP contribution >= 0.6 is 0 Å². The minimum atomic E-state index is -0.267. The second-order valence-corrected chi connectivity index (χ2v) is 9.82. The normalized spacial score (nSPS) is 24.6. The molecule has 2 aliphatic rings. The second kappa shape index (κ2) is 10.4. The quantitative estimate of drug-likeness (QED) is 0.496. The van der Waals surface area contributed by atoms with E-state index in [9.17, 15) is 9.90 Å². The fraction of sp³-hybridized carbons (Fsp3) is 0.538. The van der Waals surface area contributed by atoms with Crippen molar-refractivity contribution in [2.45, 2.75) is 70.3 Å². The number of aromatic nitrogens is 4. The Hall–Kier alpha value is -3.24. The third-order valence-electron chi connectivity index (χ3n) is 7.15. The van der Waals surface area contributed by atoms with Gasteiger partial charge in [0.15, 0.2) is 11.5 Å². The molecule has 5 rings (SSSR count). The first-order chi connectivity index (χ1) is 17.4. The lowest BCUT2D eigenvalue weighted by molar-refractivity contribution is -0.0173. The molecule has 2 aromatic heterocycles. The molecule has 3 heterocycles. The third-order valence-corrected chi connectivity index (χ3v) is 7.15. The topological polar surface area (TPSA) is 117 Å². The number of nitrogens with zero attached hydrogens (tertiary/aromatic N) is 5. The van der Waals surface area contributed by atoms with Crippen molar-refractivity contribution >= 4 is 28.6 Å². The van der Waals surface area contributed by atoms with Crippen LogP contribution in [0.15, 0.2) is 30.5 Å². The lowest BCUT2D eigenvalue weighted by Gasteiger charge is -2.37. The summed E-state index contributed by atoms with van der Waals surface area (Å²) in [7, 11) is 1.58. The molecule has 0 bridgehead atoms. The Kier molecular flexibility index (Phi) is 7.06. The number of morpholine rings is 1. The van der Waals surface area contributed by atoms with Crippen LogP contribution in [0.1, 0.15) is 52.0 Å². The standard InChI is InChI=1S/C26H35N7O3/c1-4-21-15-32(14-16(2)36-21)24-22-13-28-33(19-9-11-20(34)12-10-19)25(22)31-23(30-24)17-5-7-18(8-6-17)29-26(35)27-3/h5-8,13,16,19-21,34H,4,9-12,14-15H2,1-3H3,(H2,27,29,35)/t16?,19-,20+,21-/m0/s1. The summed E-state index contributed by atoms with van der Waals surface area (Å²) >= 11 is 0. The average Bonchev–Trinajstić information content (AvgIpc) is 3.32. The summed E-state index contributed by atoms with van der Waals surface area (Å²) in [6.45, 7) is 5.76. The second-order valence-electron chi connectivity index (χ2n) is 9.82. The number of amides is 2. The molecule has 1 saturated heterocycles. The van der Waals surface area contributed by atoms with Gasteiger partial charge in [0.1, 0.15) is 5.82 Å². The molecular weight excluding hydrogens is 458 g/mol. The first kappa shape index (κ1) is 24.5. The van der Waals surface area contributed by atoms with Gasteiger partial charge in [0.2, 0.25) is 0 Å². The minimum absolute atomic E-state index is 0.0992. The maximum Gasteiger partial charge on any atom is 0.318 e. The smallest absolute Gasteiger partial charge is 0.318 e. The summed E-state index contributed by atoms with van der Waals surface area (Å²) in [5, 5.41) is 21.1. The van der Waals surface area contributed by atoms with E-state index in [1.165, 1.54) is 0 Å². The Morgan fingerprint density at radius 2 is 1.89 bits per heavy atom. The highest BCUT2D eigenvalue weighted by Crippen LogP contribution is 2.35. The molecule has 1 unspecified atom stereocenters. The molecule has 1 aliphatic heterocycles. The highest BCUT2D eigenvalue weighted by molar-refractivity contribution is 5.90. The van der Waals surface area contributed by atoms with Crippen LogP contribution in [-0.4, -0.2) is 69.3 Å². The van der Waals surface area contributed by atoms with E-state index in [-0.39, 0.29) is 30.4 Å². The van der Waals surface area contributed by atoms with E-state index in [4.69, 9.17) is 19.8 Å². The zero-order chi connectivity index (χ0) is 25.2. The van der Waals surface area contributed by atoms with E-state index in [1.807, 2.05) is 35.1 Å². The van der Waals surface area contributed by atoms with Crippen LogP contribution in [0.2, 0.25) is 0 Å². The van der Waals surface area contributed by atoms with Crippen molar-refractivity contribution in [1.82, 2.24) is 25.1 Å². The number of carbonyl (C=O) groups is 1. The summed E-state index contributed by atoms with van der Waals surface area (Å²) in [4.78, 5) is 24.0.